The molecule has 25 heavy (non-hydrogen) atoms. The van der Waals surface area contributed by atoms with Crippen LogP contribution in [0.1, 0.15) is 47.6 Å². The highest BCUT2D eigenvalue weighted by molar-refractivity contribution is 5.93. The molecule has 1 aliphatic carbocycles. The molecule has 4 rings (SSSR count). The van der Waals surface area contributed by atoms with E-state index in [2.05, 4.69) is 54.5 Å². The highest BCUT2D eigenvalue weighted by Crippen LogP contribution is 2.36. The molecule has 1 fully saturated rings. The lowest BCUT2D eigenvalue weighted by Gasteiger charge is -2.30. The van der Waals surface area contributed by atoms with Crippen LogP contribution in [0, 0.1) is 6.92 Å². The molecule has 3 aromatic rings. The lowest BCUT2D eigenvalue weighted by Crippen LogP contribution is -2.36. The van der Waals surface area contributed by atoms with Gasteiger partial charge in [0.25, 0.3) is 5.91 Å². The Morgan fingerprint density at radius 3 is 2.52 bits per heavy atom. The summed E-state index contributed by atoms with van der Waals surface area (Å²) in [6, 6.07) is 17.1. The molecule has 0 saturated heterocycles. The van der Waals surface area contributed by atoms with Crippen LogP contribution in [-0.4, -0.2) is 26.6 Å². The average molecular weight is 333 g/mol. The molecular formula is C21H23N3O. The molecule has 1 aromatic heterocycles. The second kappa shape index (κ2) is 6.03. The molecule has 1 amide bonds. The summed E-state index contributed by atoms with van der Waals surface area (Å²) in [7, 11) is 1.84. The van der Waals surface area contributed by atoms with E-state index in [9.17, 15) is 4.79 Å². The number of rotatable bonds is 4. The lowest BCUT2D eigenvalue weighted by atomic mass is 10.0. The molecule has 0 bridgehead atoms. The van der Waals surface area contributed by atoms with Crippen molar-refractivity contribution in [2.24, 2.45) is 7.05 Å². The van der Waals surface area contributed by atoms with Gasteiger partial charge in [-0.25, -0.2) is 0 Å². The van der Waals surface area contributed by atoms with Crippen LogP contribution in [0.2, 0.25) is 0 Å². The van der Waals surface area contributed by atoms with Gasteiger partial charge in [0, 0.05) is 13.1 Å². The number of carbonyl (C=O) groups is 1. The summed E-state index contributed by atoms with van der Waals surface area (Å²) >= 11 is 0. The third-order valence-corrected chi connectivity index (χ3v) is 5.07. The van der Waals surface area contributed by atoms with Crippen LogP contribution in [0.25, 0.3) is 10.8 Å². The first-order valence-electron chi connectivity index (χ1n) is 8.86. The number of nitrogens with zero attached hydrogens (tertiary/aromatic N) is 3. The van der Waals surface area contributed by atoms with Crippen LogP contribution in [0.15, 0.2) is 48.5 Å². The fourth-order valence-electron chi connectivity index (χ4n) is 3.58. The number of benzene rings is 2. The van der Waals surface area contributed by atoms with Crippen LogP contribution in [0.3, 0.4) is 0 Å². The number of aromatic nitrogens is 2. The van der Waals surface area contributed by atoms with Gasteiger partial charge >= 0.3 is 0 Å². The summed E-state index contributed by atoms with van der Waals surface area (Å²) in [5.41, 5.74) is 2.72. The zero-order chi connectivity index (χ0) is 17.6. The molecule has 2 aromatic carbocycles. The van der Waals surface area contributed by atoms with Gasteiger partial charge in [-0.1, -0.05) is 36.4 Å². The van der Waals surface area contributed by atoms with Crippen molar-refractivity contribution in [3.8, 4) is 0 Å². The Balaban J connectivity index is 1.70. The maximum absolute atomic E-state index is 13.2. The van der Waals surface area contributed by atoms with Crippen molar-refractivity contribution in [3.63, 3.8) is 0 Å². The third-order valence-electron chi connectivity index (χ3n) is 5.07. The quantitative estimate of drug-likeness (QED) is 0.716. The van der Waals surface area contributed by atoms with Crippen molar-refractivity contribution in [1.29, 1.82) is 0 Å². The standard InChI is InChI=1S/C21H23N3O/c1-14-12-20(23(3)22-14)21(25)24(19-10-11-19)15(2)17-9-8-16-6-4-5-7-18(16)13-17/h4-9,12-13,15,19H,10-11H2,1-3H3/t15-/m1/s1. The van der Waals surface area contributed by atoms with E-state index in [1.807, 2.05) is 24.9 Å². The fourth-order valence-corrected chi connectivity index (χ4v) is 3.58. The molecule has 0 N–H and O–H groups in total. The Bertz CT molecular complexity index is 939. The van der Waals surface area contributed by atoms with Crippen molar-refractivity contribution < 1.29 is 4.79 Å². The van der Waals surface area contributed by atoms with Crippen LogP contribution in [0.5, 0.6) is 0 Å². The maximum Gasteiger partial charge on any atom is 0.272 e. The summed E-state index contributed by atoms with van der Waals surface area (Å²) < 4.78 is 1.69. The minimum absolute atomic E-state index is 0.0415. The molecular weight excluding hydrogens is 310 g/mol. The van der Waals surface area contributed by atoms with Crippen molar-refractivity contribution in [2.45, 2.75) is 38.8 Å². The molecule has 1 saturated carbocycles. The third kappa shape index (κ3) is 2.93. The van der Waals surface area contributed by atoms with Gasteiger partial charge in [-0.3, -0.25) is 9.48 Å². The normalized spacial score (nSPS) is 15.3. The van der Waals surface area contributed by atoms with Crippen LogP contribution < -0.4 is 0 Å². The monoisotopic (exact) mass is 333 g/mol. The number of amides is 1. The van der Waals surface area contributed by atoms with E-state index < -0.39 is 0 Å². The summed E-state index contributed by atoms with van der Waals surface area (Å²) in [5, 5.41) is 6.78. The molecule has 128 valence electrons. The van der Waals surface area contributed by atoms with Gasteiger partial charge in [0.1, 0.15) is 5.69 Å². The number of aryl methyl sites for hydroxylation is 2. The van der Waals surface area contributed by atoms with E-state index >= 15 is 0 Å². The summed E-state index contributed by atoms with van der Waals surface area (Å²) in [6.45, 7) is 4.05. The van der Waals surface area contributed by atoms with Crippen molar-refractivity contribution >= 4 is 16.7 Å². The van der Waals surface area contributed by atoms with Gasteiger partial charge in [0.05, 0.1) is 11.7 Å². The Labute approximate surface area is 148 Å². The Hall–Kier alpha value is -2.62. The number of hydrogen-bond acceptors (Lipinski definition) is 2. The van der Waals surface area contributed by atoms with Gasteiger partial charge in [0.2, 0.25) is 0 Å². The Kier molecular flexibility index (Phi) is 3.83. The van der Waals surface area contributed by atoms with Crippen LogP contribution in [0.4, 0.5) is 0 Å². The van der Waals surface area contributed by atoms with E-state index in [1.54, 1.807) is 4.68 Å². The zero-order valence-corrected chi connectivity index (χ0v) is 14.9. The number of fused-ring (bicyclic) bond motifs is 1. The van der Waals surface area contributed by atoms with E-state index in [0.29, 0.717) is 11.7 Å². The molecule has 1 heterocycles. The van der Waals surface area contributed by atoms with Gasteiger partial charge < -0.3 is 4.90 Å². The van der Waals surface area contributed by atoms with Crippen LogP contribution in [-0.2, 0) is 7.05 Å². The summed E-state index contributed by atoms with van der Waals surface area (Å²) in [4.78, 5) is 15.2. The highest BCUT2D eigenvalue weighted by atomic mass is 16.2. The molecule has 1 atom stereocenters. The number of carbonyl (C=O) groups excluding carboxylic acids is 1. The van der Waals surface area contributed by atoms with Crippen molar-refractivity contribution in [1.82, 2.24) is 14.7 Å². The second-order valence-electron chi connectivity index (χ2n) is 7.02. The van der Waals surface area contributed by atoms with Crippen LogP contribution >= 0.6 is 0 Å². The Morgan fingerprint density at radius 2 is 1.88 bits per heavy atom. The fraction of sp³-hybridized carbons (Fsp3) is 0.333. The number of hydrogen-bond donors (Lipinski definition) is 0. The zero-order valence-electron chi connectivity index (χ0n) is 14.9. The molecule has 0 spiro atoms. The largest absolute Gasteiger partial charge is 0.328 e. The summed E-state index contributed by atoms with van der Waals surface area (Å²) in [6.07, 6.45) is 2.17. The lowest BCUT2D eigenvalue weighted by molar-refractivity contribution is 0.0662. The minimum Gasteiger partial charge on any atom is -0.328 e. The topological polar surface area (TPSA) is 38.1 Å². The molecule has 0 aliphatic heterocycles. The Morgan fingerprint density at radius 1 is 1.16 bits per heavy atom. The minimum atomic E-state index is 0.0415. The molecule has 0 unspecified atom stereocenters. The van der Waals surface area contributed by atoms with E-state index in [4.69, 9.17) is 0 Å². The van der Waals surface area contributed by atoms with Gasteiger partial charge in [-0.15, -0.1) is 0 Å². The summed E-state index contributed by atoms with van der Waals surface area (Å²) in [5.74, 6) is 0.0752. The average Bonchev–Trinajstić information content (AvgIpc) is 3.38. The highest BCUT2D eigenvalue weighted by Gasteiger charge is 2.37. The first kappa shape index (κ1) is 15.9. The molecule has 4 heteroatoms. The van der Waals surface area contributed by atoms with Crippen molar-refractivity contribution in [2.75, 3.05) is 0 Å². The van der Waals surface area contributed by atoms with Gasteiger partial charge in [-0.2, -0.15) is 5.10 Å². The SMILES string of the molecule is Cc1cc(C(=O)N(C2CC2)[C@H](C)c2ccc3ccccc3c2)n(C)n1. The first-order valence-corrected chi connectivity index (χ1v) is 8.86. The predicted molar refractivity (Wildman–Crippen MR) is 99.5 cm³/mol. The smallest absolute Gasteiger partial charge is 0.272 e. The van der Waals surface area contributed by atoms with Gasteiger partial charge in [0.15, 0.2) is 0 Å². The predicted octanol–water partition coefficient (Wildman–Crippen LogP) is 4.25. The van der Waals surface area contributed by atoms with E-state index in [0.717, 1.165) is 18.5 Å². The maximum atomic E-state index is 13.2. The first-order chi connectivity index (χ1) is 12.0. The van der Waals surface area contributed by atoms with Crippen molar-refractivity contribution in [3.05, 3.63) is 65.5 Å². The van der Waals surface area contributed by atoms with E-state index in [-0.39, 0.29) is 11.9 Å². The van der Waals surface area contributed by atoms with E-state index in [1.165, 1.54) is 16.3 Å². The second-order valence-corrected chi connectivity index (χ2v) is 7.02. The molecule has 4 nitrogen and oxygen atoms in total. The van der Waals surface area contributed by atoms with Gasteiger partial charge in [-0.05, 0) is 55.2 Å². The molecule has 1 aliphatic rings. The molecule has 0 radical (unpaired) electrons.